The van der Waals surface area contributed by atoms with Crippen LogP contribution in [-0.2, 0) is 4.79 Å². The van der Waals surface area contributed by atoms with Crippen LogP contribution in [0.1, 0.15) is 19.4 Å². The molecule has 0 fully saturated rings. The first-order valence-corrected chi connectivity index (χ1v) is 8.73. The van der Waals surface area contributed by atoms with E-state index in [-0.39, 0.29) is 33.3 Å². The first-order valence-electron chi connectivity index (χ1n) is 7.98. The fourth-order valence-electron chi connectivity index (χ4n) is 2.47. The molecule has 0 saturated carbocycles. The first kappa shape index (κ1) is 18.5. The van der Waals surface area contributed by atoms with Gasteiger partial charge in [0.05, 0.1) is 10.4 Å². The van der Waals surface area contributed by atoms with Gasteiger partial charge in [-0.25, -0.2) is 0 Å². The Morgan fingerprint density at radius 2 is 1.81 bits per heavy atom. The Morgan fingerprint density at radius 3 is 2.42 bits per heavy atom. The highest BCUT2D eigenvalue weighted by molar-refractivity contribution is 6.38. The highest BCUT2D eigenvalue weighted by atomic mass is 35.5. The van der Waals surface area contributed by atoms with Crippen LogP contribution >= 0.6 is 23.2 Å². The summed E-state index contributed by atoms with van der Waals surface area (Å²) in [6.07, 6.45) is -0.797. The molecule has 0 aliphatic rings. The Balaban J connectivity index is 2.34. The standard InChI is InChI=1S/C20H16Cl2O4/c1-10-4-6-13(7-5-10)18-20(25-12(3)11(2)23)17(24)15-8-14(21)9-16(22)19(15)26-18/h4-9,12H,1-3H3. The lowest BCUT2D eigenvalue weighted by Crippen LogP contribution is -2.24. The maximum absolute atomic E-state index is 13.0. The van der Waals surface area contributed by atoms with E-state index in [1.165, 1.54) is 19.1 Å². The Bertz CT molecular complexity index is 1050. The molecule has 0 N–H and O–H groups in total. The lowest BCUT2D eigenvalue weighted by Gasteiger charge is -2.15. The van der Waals surface area contributed by atoms with Crippen LogP contribution in [0.25, 0.3) is 22.3 Å². The van der Waals surface area contributed by atoms with Crippen molar-refractivity contribution in [2.24, 2.45) is 0 Å². The molecule has 4 nitrogen and oxygen atoms in total. The van der Waals surface area contributed by atoms with Crippen molar-refractivity contribution in [1.82, 2.24) is 0 Å². The van der Waals surface area contributed by atoms with Gasteiger partial charge in [-0.3, -0.25) is 9.59 Å². The van der Waals surface area contributed by atoms with Crippen molar-refractivity contribution in [1.29, 1.82) is 0 Å². The second kappa shape index (κ2) is 7.14. The van der Waals surface area contributed by atoms with Crippen LogP contribution in [0.15, 0.2) is 45.6 Å². The summed E-state index contributed by atoms with van der Waals surface area (Å²) in [6, 6.07) is 10.4. The van der Waals surface area contributed by atoms with E-state index >= 15 is 0 Å². The molecule has 26 heavy (non-hydrogen) atoms. The average molecular weight is 391 g/mol. The van der Waals surface area contributed by atoms with Gasteiger partial charge in [-0.15, -0.1) is 0 Å². The van der Waals surface area contributed by atoms with Crippen molar-refractivity contribution in [2.75, 3.05) is 0 Å². The van der Waals surface area contributed by atoms with Gasteiger partial charge >= 0.3 is 0 Å². The van der Waals surface area contributed by atoms with E-state index in [1.54, 1.807) is 6.92 Å². The van der Waals surface area contributed by atoms with Crippen LogP contribution in [0.2, 0.25) is 10.0 Å². The van der Waals surface area contributed by atoms with E-state index < -0.39 is 11.5 Å². The molecule has 0 spiro atoms. The molecule has 0 aliphatic carbocycles. The van der Waals surface area contributed by atoms with Gasteiger partial charge in [-0.2, -0.15) is 0 Å². The van der Waals surface area contributed by atoms with E-state index in [1.807, 2.05) is 31.2 Å². The van der Waals surface area contributed by atoms with Crippen molar-refractivity contribution in [3.05, 3.63) is 62.2 Å². The first-order chi connectivity index (χ1) is 12.3. The summed E-state index contributed by atoms with van der Waals surface area (Å²) < 4.78 is 11.6. The van der Waals surface area contributed by atoms with Crippen LogP contribution in [0, 0.1) is 6.92 Å². The molecule has 0 radical (unpaired) electrons. The van der Waals surface area contributed by atoms with Gasteiger partial charge < -0.3 is 9.15 Å². The van der Waals surface area contributed by atoms with E-state index in [0.717, 1.165) is 5.56 Å². The van der Waals surface area contributed by atoms with Crippen molar-refractivity contribution < 1.29 is 13.9 Å². The van der Waals surface area contributed by atoms with Gasteiger partial charge in [0.2, 0.25) is 11.2 Å². The molecule has 1 aromatic heterocycles. The van der Waals surface area contributed by atoms with Crippen LogP contribution in [0.3, 0.4) is 0 Å². The molecular formula is C20H16Cl2O4. The third-order valence-corrected chi connectivity index (χ3v) is 4.55. The number of rotatable bonds is 4. The van der Waals surface area contributed by atoms with Crippen LogP contribution in [0.4, 0.5) is 0 Å². The summed E-state index contributed by atoms with van der Waals surface area (Å²) in [5.41, 5.74) is 1.49. The molecule has 0 amide bonds. The van der Waals surface area contributed by atoms with Crippen molar-refractivity contribution >= 4 is 40.0 Å². The summed E-state index contributed by atoms with van der Waals surface area (Å²) in [6.45, 7) is 4.93. The van der Waals surface area contributed by atoms with Crippen molar-refractivity contribution in [3.63, 3.8) is 0 Å². The number of benzene rings is 2. The number of carbonyl (C=O) groups is 1. The Morgan fingerprint density at radius 1 is 1.15 bits per heavy atom. The predicted molar refractivity (Wildman–Crippen MR) is 103 cm³/mol. The second-order valence-electron chi connectivity index (χ2n) is 6.09. The van der Waals surface area contributed by atoms with Gasteiger partial charge in [-0.1, -0.05) is 53.0 Å². The smallest absolute Gasteiger partial charge is 0.235 e. The number of Topliss-reactive ketones (excluding diaryl/α,β-unsaturated/α-hetero) is 1. The number of ketones is 1. The zero-order valence-electron chi connectivity index (χ0n) is 14.4. The summed E-state index contributed by atoms with van der Waals surface area (Å²) in [5.74, 6) is -0.0225. The summed E-state index contributed by atoms with van der Waals surface area (Å²) in [5, 5.41) is 0.733. The fraction of sp³-hybridized carbons (Fsp3) is 0.200. The normalized spacial score (nSPS) is 12.2. The topological polar surface area (TPSA) is 56.5 Å². The number of fused-ring (bicyclic) bond motifs is 1. The third kappa shape index (κ3) is 3.48. The number of hydrogen-bond acceptors (Lipinski definition) is 4. The number of halogens is 2. The molecule has 134 valence electrons. The van der Waals surface area contributed by atoms with Crippen molar-refractivity contribution in [2.45, 2.75) is 26.9 Å². The minimum Gasteiger partial charge on any atom is -0.475 e. The predicted octanol–water partition coefficient (Wildman–Crippen LogP) is 5.43. The van der Waals surface area contributed by atoms with Gasteiger partial charge in [0.15, 0.2) is 23.2 Å². The monoisotopic (exact) mass is 390 g/mol. The maximum Gasteiger partial charge on any atom is 0.235 e. The molecule has 0 bridgehead atoms. The van der Waals surface area contributed by atoms with Crippen molar-refractivity contribution in [3.8, 4) is 17.1 Å². The number of hydrogen-bond donors (Lipinski definition) is 0. The fourth-order valence-corrected chi connectivity index (χ4v) is 3.00. The van der Waals surface area contributed by atoms with Crippen LogP contribution in [-0.4, -0.2) is 11.9 Å². The Hall–Kier alpha value is -2.30. The number of ether oxygens (including phenoxy) is 1. The molecule has 0 aliphatic heterocycles. The van der Waals surface area contributed by atoms with Crippen LogP contribution in [0.5, 0.6) is 5.75 Å². The lowest BCUT2D eigenvalue weighted by atomic mass is 10.1. The molecule has 0 saturated heterocycles. The van der Waals surface area contributed by atoms with E-state index in [4.69, 9.17) is 32.4 Å². The SMILES string of the molecule is CC(=O)C(C)Oc1c(-c2ccc(C)cc2)oc2c(Cl)cc(Cl)cc2c1=O. The summed E-state index contributed by atoms with van der Waals surface area (Å²) in [4.78, 5) is 24.7. The molecule has 3 aromatic rings. The minimum absolute atomic E-state index is 0.0395. The summed E-state index contributed by atoms with van der Waals surface area (Å²) in [7, 11) is 0. The molecule has 6 heteroatoms. The maximum atomic E-state index is 13.0. The summed E-state index contributed by atoms with van der Waals surface area (Å²) >= 11 is 12.2. The number of carbonyl (C=O) groups excluding carboxylic acids is 1. The van der Waals surface area contributed by atoms with Gasteiger partial charge in [0.1, 0.15) is 0 Å². The van der Waals surface area contributed by atoms with Crippen LogP contribution < -0.4 is 10.2 Å². The lowest BCUT2D eigenvalue weighted by molar-refractivity contribution is -0.122. The highest BCUT2D eigenvalue weighted by Gasteiger charge is 2.22. The molecule has 1 unspecified atom stereocenters. The van der Waals surface area contributed by atoms with Gasteiger partial charge in [0, 0.05) is 10.6 Å². The average Bonchev–Trinajstić information content (AvgIpc) is 2.58. The van der Waals surface area contributed by atoms with E-state index in [9.17, 15) is 9.59 Å². The largest absolute Gasteiger partial charge is 0.475 e. The van der Waals surface area contributed by atoms with Gasteiger partial charge in [0.25, 0.3) is 0 Å². The second-order valence-corrected chi connectivity index (χ2v) is 6.93. The Labute approximate surface area is 160 Å². The molecule has 2 aromatic carbocycles. The van der Waals surface area contributed by atoms with Gasteiger partial charge in [-0.05, 0) is 32.9 Å². The molecule has 3 rings (SSSR count). The highest BCUT2D eigenvalue weighted by Crippen LogP contribution is 2.35. The molecule has 1 heterocycles. The minimum atomic E-state index is -0.797. The van der Waals surface area contributed by atoms with E-state index in [0.29, 0.717) is 10.6 Å². The molecular weight excluding hydrogens is 375 g/mol. The number of aryl methyl sites for hydroxylation is 1. The van der Waals surface area contributed by atoms with E-state index in [2.05, 4.69) is 0 Å². The third-order valence-electron chi connectivity index (χ3n) is 4.05. The zero-order valence-corrected chi connectivity index (χ0v) is 15.9. The quantitative estimate of drug-likeness (QED) is 0.595. The molecule has 1 atom stereocenters. The Kier molecular flexibility index (Phi) is 5.08. The zero-order chi connectivity index (χ0) is 19.0.